The molecule has 1 atom stereocenters. The molecule has 0 amide bonds. The number of nitrogens with zero attached hydrogens (tertiary/aromatic N) is 1. The summed E-state index contributed by atoms with van der Waals surface area (Å²) in [6, 6.07) is 0.178. The van der Waals surface area contributed by atoms with Crippen molar-refractivity contribution in [3.05, 3.63) is 0 Å². The van der Waals surface area contributed by atoms with Gasteiger partial charge in [0.05, 0.1) is 0 Å². The van der Waals surface area contributed by atoms with Gasteiger partial charge in [0, 0.05) is 31.7 Å². The smallest absolute Gasteiger partial charge is 0.279 e. The minimum absolute atomic E-state index is 0. The Morgan fingerprint density at radius 2 is 2.07 bits per heavy atom. The molecule has 0 aromatic carbocycles. The second-order valence-electron chi connectivity index (χ2n) is 3.99. The van der Waals surface area contributed by atoms with Gasteiger partial charge in [-0.05, 0) is 20.8 Å². The highest BCUT2D eigenvalue weighted by Crippen LogP contribution is 2.04. The first kappa shape index (κ1) is 15.1. The highest BCUT2D eigenvalue weighted by molar-refractivity contribution is 7.87. The molecule has 7 heteroatoms. The Kier molecular flexibility index (Phi) is 6.05. The number of piperazine rings is 1. The molecule has 5 nitrogen and oxygen atoms in total. The molecule has 1 fully saturated rings. The predicted molar refractivity (Wildman–Crippen MR) is 63.5 cm³/mol. The van der Waals surface area contributed by atoms with E-state index in [2.05, 4.69) is 10.0 Å². The van der Waals surface area contributed by atoms with Gasteiger partial charge in [0.15, 0.2) is 0 Å². The molecule has 0 radical (unpaired) electrons. The number of hydrogen-bond donors (Lipinski definition) is 2. The van der Waals surface area contributed by atoms with Crippen LogP contribution in [0.4, 0.5) is 0 Å². The lowest BCUT2D eigenvalue weighted by Crippen LogP contribution is -2.55. The zero-order valence-electron chi connectivity index (χ0n) is 9.36. The molecule has 15 heavy (non-hydrogen) atoms. The summed E-state index contributed by atoms with van der Waals surface area (Å²) >= 11 is 0. The second-order valence-corrected chi connectivity index (χ2v) is 5.69. The standard InChI is InChI=1S/C8H19N3O2S.ClH/c1-7(2)10-14(12,13)11-5-4-9-8(3)6-11;/h7-10H,4-6H2,1-3H3;1H/t8-;/m0./s1. The fourth-order valence-electron chi connectivity index (χ4n) is 1.49. The quantitative estimate of drug-likeness (QED) is 0.745. The van der Waals surface area contributed by atoms with Crippen molar-refractivity contribution in [2.75, 3.05) is 19.6 Å². The summed E-state index contributed by atoms with van der Waals surface area (Å²) in [4.78, 5) is 0. The first-order valence-corrected chi connectivity index (χ1v) is 6.36. The average Bonchev–Trinajstić information content (AvgIpc) is 2.01. The Morgan fingerprint density at radius 1 is 1.47 bits per heavy atom. The fraction of sp³-hybridized carbons (Fsp3) is 1.00. The Balaban J connectivity index is 0.00000196. The minimum atomic E-state index is -3.27. The zero-order chi connectivity index (χ0) is 10.8. The lowest BCUT2D eigenvalue weighted by atomic mass is 10.3. The SMILES string of the molecule is CC(C)NS(=O)(=O)N1CCN[C@@H](C)C1.Cl. The first-order chi connectivity index (χ1) is 6.42. The number of hydrogen-bond acceptors (Lipinski definition) is 3. The van der Waals surface area contributed by atoms with E-state index in [1.807, 2.05) is 20.8 Å². The Labute approximate surface area is 98.2 Å². The van der Waals surface area contributed by atoms with Gasteiger partial charge in [0.25, 0.3) is 10.2 Å². The van der Waals surface area contributed by atoms with Gasteiger partial charge in [0.1, 0.15) is 0 Å². The van der Waals surface area contributed by atoms with E-state index in [-0.39, 0.29) is 24.5 Å². The summed E-state index contributed by atoms with van der Waals surface area (Å²) in [6.45, 7) is 7.44. The molecular weight excluding hydrogens is 238 g/mol. The van der Waals surface area contributed by atoms with E-state index < -0.39 is 10.2 Å². The van der Waals surface area contributed by atoms with Crippen LogP contribution in [0.25, 0.3) is 0 Å². The summed E-state index contributed by atoms with van der Waals surface area (Å²) in [5.74, 6) is 0. The molecule has 2 N–H and O–H groups in total. The lowest BCUT2D eigenvalue weighted by molar-refractivity contribution is 0.305. The third-order valence-electron chi connectivity index (χ3n) is 2.06. The number of nitrogens with one attached hydrogen (secondary N) is 2. The van der Waals surface area contributed by atoms with Crippen molar-refractivity contribution >= 4 is 22.6 Å². The van der Waals surface area contributed by atoms with Crippen molar-refractivity contribution in [1.29, 1.82) is 0 Å². The summed E-state index contributed by atoms with van der Waals surface area (Å²) < 4.78 is 27.5. The number of rotatable bonds is 3. The maximum atomic E-state index is 11.7. The first-order valence-electron chi connectivity index (χ1n) is 4.92. The molecule has 0 aliphatic carbocycles. The van der Waals surface area contributed by atoms with Gasteiger partial charge < -0.3 is 5.32 Å². The van der Waals surface area contributed by atoms with Crippen molar-refractivity contribution < 1.29 is 8.42 Å². The normalized spacial score (nSPS) is 23.9. The second kappa shape index (κ2) is 6.00. The van der Waals surface area contributed by atoms with Crippen LogP contribution in [0.1, 0.15) is 20.8 Å². The van der Waals surface area contributed by atoms with Crippen molar-refractivity contribution in [1.82, 2.24) is 14.3 Å². The summed E-state index contributed by atoms with van der Waals surface area (Å²) in [7, 11) is -3.27. The molecule has 1 aliphatic rings. The molecule has 0 bridgehead atoms. The Bertz CT molecular complexity index is 282. The van der Waals surface area contributed by atoms with Crippen molar-refractivity contribution in [3.63, 3.8) is 0 Å². The zero-order valence-corrected chi connectivity index (χ0v) is 11.0. The van der Waals surface area contributed by atoms with E-state index in [0.29, 0.717) is 13.1 Å². The van der Waals surface area contributed by atoms with Crippen LogP contribution in [-0.4, -0.2) is 44.4 Å². The molecule has 0 unspecified atom stereocenters. The molecule has 0 aromatic rings. The van der Waals surface area contributed by atoms with Crippen LogP contribution in [-0.2, 0) is 10.2 Å². The van der Waals surface area contributed by atoms with Gasteiger partial charge in [0.2, 0.25) is 0 Å². The van der Waals surface area contributed by atoms with Crippen LogP contribution >= 0.6 is 12.4 Å². The summed E-state index contributed by atoms with van der Waals surface area (Å²) in [5, 5.41) is 3.20. The van der Waals surface area contributed by atoms with Crippen LogP contribution in [0.3, 0.4) is 0 Å². The van der Waals surface area contributed by atoms with E-state index >= 15 is 0 Å². The van der Waals surface area contributed by atoms with Crippen molar-refractivity contribution in [2.45, 2.75) is 32.9 Å². The summed E-state index contributed by atoms with van der Waals surface area (Å²) in [6.07, 6.45) is 0. The molecule has 1 aliphatic heterocycles. The van der Waals surface area contributed by atoms with E-state index in [9.17, 15) is 8.42 Å². The van der Waals surface area contributed by atoms with Crippen LogP contribution in [0.15, 0.2) is 0 Å². The van der Waals surface area contributed by atoms with Gasteiger partial charge in [-0.15, -0.1) is 12.4 Å². The monoisotopic (exact) mass is 257 g/mol. The molecule has 0 spiro atoms. The highest BCUT2D eigenvalue weighted by atomic mass is 35.5. The van der Waals surface area contributed by atoms with Crippen molar-refractivity contribution in [2.24, 2.45) is 0 Å². The third-order valence-corrected chi connectivity index (χ3v) is 3.84. The van der Waals surface area contributed by atoms with Crippen LogP contribution in [0, 0.1) is 0 Å². The van der Waals surface area contributed by atoms with Crippen LogP contribution in [0.2, 0.25) is 0 Å². The maximum absolute atomic E-state index is 11.7. The molecule has 0 saturated carbocycles. The minimum Gasteiger partial charge on any atom is -0.312 e. The van der Waals surface area contributed by atoms with Gasteiger partial charge in [-0.2, -0.15) is 17.4 Å². The van der Waals surface area contributed by atoms with Crippen LogP contribution in [0.5, 0.6) is 0 Å². The van der Waals surface area contributed by atoms with Gasteiger partial charge in [-0.1, -0.05) is 0 Å². The largest absolute Gasteiger partial charge is 0.312 e. The van der Waals surface area contributed by atoms with Gasteiger partial charge in [-0.25, -0.2) is 0 Å². The van der Waals surface area contributed by atoms with E-state index in [1.54, 1.807) is 0 Å². The third kappa shape index (κ3) is 4.65. The molecular formula is C8H20ClN3O2S. The predicted octanol–water partition coefficient (Wildman–Crippen LogP) is -0.0553. The molecule has 1 saturated heterocycles. The molecule has 1 heterocycles. The highest BCUT2D eigenvalue weighted by Gasteiger charge is 2.26. The Hall–Kier alpha value is 0.120. The van der Waals surface area contributed by atoms with E-state index in [1.165, 1.54) is 4.31 Å². The van der Waals surface area contributed by atoms with Gasteiger partial charge >= 0.3 is 0 Å². The van der Waals surface area contributed by atoms with E-state index in [4.69, 9.17) is 0 Å². The van der Waals surface area contributed by atoms with Crippen LogP contribution < -0.4 is 10.0 Å². The average molecular weight is 258 g/mol. The molecule has 92 valence electrons. The summed E-state index contributed by atoms with van der Waals surface area (Å²) in [5.41, 5.74) is 0. The van der Waals surface area contributed by atoms with E-state index in [0.717, 1.165) is 6.54 Å². The molecule has 1 rings (SSSR count). The lowest BCUT2D eigenvalue weighted by Gasteiger charge is -2.31. The maximum Gasteiger partial charge on any atom is 0.279 e. The fourth-order valence-corrected chi connectivity index (χ4v) is 2.98. The molecule has 0 aromatic heterocycles. The number of halogens is 1. The van der Waals surface area contributed by atoms with Gasteiger partial charge in [-0.3, -0.25) is 0 Å². The van der Waals surface area contributed by atoms with Crippen molar-refractivity contribution in [3.8, 4) is 0 Å². The topological polar surface area (TPSA) is 61.4 Å². The Morgan fingerprint density at radius 3 is 2.53 bits per heavy atom.